The highest BCUT2D eigenvalue weighted by Gasteiger charge is 2.01. The van der Waals surface area contributed by atoms with Gasteiger partial charge in [0.2, 0.25) is 0 Å². The number of nitrogens with zero attached hydrogens (tertiary/aromatic N) is 1. The van der Waals surface area contributed by atoms with Gasteiger partial charge in [0.05, 0.1) is 5.71 Å². The first-order valence-corrected chi connectivity index (χ1v) is 4.44. The quantitative estimate of drug-likeness (QED) is 0.315. The number of nitrogens with two attached hydrogens (primary N) is 1. The molecule has 0 saturated carbocycles. The van der Waals surface area contributed by atoms with E-state index in [1.807, 2.05) is 32.9 Å². The van der Waals surface area contributed by atoms with Gasteiger partial charge in [-0.2, -0.15) is 5.10 Å². The van der Waals surface area contributed by atoms with Crippen molar-refractivity contribution in [2.45, 2.75) is 20.8 Å². The highest BCUT2D eigenvalue weighted by molar-refractivity contribution is 6.11. The molecular formula is C12H18N2. The predicted molar refractivity (Wildman–Crippen MR) is 64.1 cm³/mol. The van der Waals surface area contributed by atoms with Gasteiger partial charge in [-0.1, -0.05) is 37.0 Å². The van der Waals surface area contributed by atoms with E-state index < -0.39 is 0 Å². The van der Waals surface area contributed by atoms with Gasteiger partial charge in [0.25, 0.3) is 0 Å². The number of hydrogen-bond acceptors (Lipinski definition) is 2. The minimum absolute atomic E-state index is 0.752. The summed E-state index contributed by atoms with van der Waals surface area (Å²) in [5.41, 5.74) is 3.74. The van der Waals surface area contributed by atoms with Gasteiger partial charge in [-0.15, -0.1) is 0 Å². The van der Waals surface area contributed by atoms with E-state index >= 15 is 0 Å². The Bertz CT molecular complexity index is 317. The van der Waals surface area contributed by atoms with Crippen LogP contribution in [-0.4, -0.2) is 5.71 Å². The number of hydrazone groups is 1. The molecule has 2 N–H and O–H groups in total. The van der Waals surface area contributed by atoms with E-state index in [4.69, 9.17) is 5.84 Å². The van der Waals surface area contributed by atoms with Crippen molar-refractivity contribution >= 4 is 5.71 Å². The van der Waals surface area contributed by atoms with Gasteiger partial charge in [-0.25, -0.2) is 0 Å². The second kappa shape index (κ2) is 5.97. The first-order valence-electron chi connectivity index (χ1n) is 4.44. The molecule has 0 aliphatic rings. The summed E-state index contributed by atoms with van der Waals surface area (Å²) in [4.78, 5) is 0. The topological polar surface area (TPSA) is 38.4 Å². The van der Waals surface area contributed by atoms with Crippen molar-refractivity contribution in [1.29, 1.82) is 0 Å². The Morgan fingerprint density at radius 2 is 1.86 bits per heavy atom. The fourth-order valence-corrected chi connectivity index (χ4v) is 1.19. The van der Waals surface area contributed by atoms with Gasteiger partial charge >= 0.3 is 0 Å². The minimum atomic E-state index is 0.752. The van der Waals surface area contributed by atoms with Gasteiger partial charge in [-0.05, 0) is 31.9 Å². The highest BCUT2D eigenvalue weighted by Crippen LogP contribution is 2.08. The van der Waals surface area contributed by atoms with E-state index in [9.17, 15) is 0 Å². The molecule has 0 aliphatic carbocycles. The number of allylic oxidation sites excluding steroid dienone is 6. The molecule has 2 nitrogen and oxygen atoms in total. The van der Waals surface area contributed by atoms with Gasteiger partial charge in [-0.3, -0.25) is 0 Å². The van der Waals surface area contributed by atoms with Crippen LogP contribution in [-0.2, 0) is 0 Å². The summed E-state index contributed by atoms with van der Waals surface area (Å²) in [7, 11) is 0. The van der Waals surface area contributed by atoms with Crippen LogP contribution in [0.1, 0.15) is 20.8 Å². The van der Waals surface area contributed by atoms with Gasteiger partial charge in [0.15, 0.2) is 0 Å². The molecule has 0 aliphatic heterocycles. The Hall–Kier alpha value is -1.57. The molecule has 2 heteroatoms. The van der Waals surface area contributed by atoms with Crippen molar-refractivity contribution < 1.29 is 0 Å². The second-order valence-corrected chi connectivity index (χ2v) is 3.23. The maximum atomic E-state index is 5.27. The number of rotatable bonds is 4. The van der Waals surface area contributed by atoms with E-state index in [2.05, 4.69) is 18.3 Å². The van der Waals surface area contributed by atoms with Crippen LogP contribution in [0.25, 0.3) is 0 Å². The smallest absolute Gasteiger partial charge is 0.0879 e. The van der Waals surface area contributed by atoms with Crippen LogP contribution in [0.4, 0.5) is 0 Å². The lowest BCUT2D eigenvalue weighted by Gasteiger charge is -2.04. The van der Waals surface area contributed by atoms with E-state index in [1.54, 1.807) is 6.08 Å². The van der Waals surface area contributed by atoms with E-state index in [0.29, 0.717) is 0 Å². The Balaban J connectivity index is 4.93. The SMILES string of the molecule is C=C/C=C(C)/C=C(C)/C(=N\N)C(=C)C. The minimum Gasteiger partial charge on any atom is -0.323 e. The molecule has 76 valence electrons. The third-order valence-corrected chi connectivity index (χ3v) is 1.73. The molecule has 0 unspecified atom stereocenters. The molecule has 0 aromatic heterocycles. The monoisotopic (exact) mass is 190 g/mol. The third-order valence-electron chi connectivity index (χ3n) is 1.73. The van der Waals surface area contributed by atoms with Crippen LogP contribution in [0, 0.1) is 0 Å². The van der Waals surface area contributed by atoms with Crippen LogP contribution in [0.5, 0.6) is 0 Å². The maximum absolute atomic E-state index is 5.27. The van der Waals surface area contributed by atoms with Crippen LogP contribution in [0.15, 0.2) is 53.2 Å². The molecule has 0 amide bonds. The third kappa shape index (κ3) is 3.90. The zero-order chi connectivity index (χ0) is 11.1. The van der Waals surface area contributed by atoms with Gasteiger partial charge in [0, 0.05) is 0 Å². The lowest BCUT2D eigenvalue weighted by molar-refractivity contribution is 1.23. The standard InChI is InChI=1S/C12H18N2/c1-6-7-10(4)8-11(5)12(14-13)9(2)3/h6-8H,1-2,13H2,3-5H3/b10-7+,11-8+,14-12-. The summed E-state index contributed by atoms with van der Waals surface area (Å²) < 4.78 is 0. The Morgan fingerprint density at radius 3 is 2.21 bits per heavy atom. The molecular weight excluding hydrogens is 172 g/mol. The fraction of sp³-hybridized carbons (Fsp3) is 0.250. The van der Waals surface area contributed by atoms with Gasteiger partial charge in [0.1, 0.15) is 0 Å². The molecule has 14 heavy (non-hydrogen) atoms. The summed E-state index contributed by atoms with van der Waals surface area (Å²) in [6.07, 6.45) is 5.68. The molecule has 0 spiro atoms. The largest absolute Gasteiger partial charge is 0.323 e. The molecule has 0 heterocycles. The average molecular weight is 190 g/mol. The average Bonchev–Trinajstić information content (AvgIpc) is 2.04. The fourth-order valence-electron chi connectivity index (χ4n) is 1.19. The molecule has 0 rings (SSSR count). The zero-order valence-electron chi connectivity index (χ0n) is 9.17. The predicted octanol–water partition coefficient (Wildman–Crippen LogP) is 2.96. The van der Waals surface area contributed by atoms with E-state index in [-0.39, 0.29) is 0 Å². The van der Waals surface area contributed by atoms with E-state index in [0.717, 1.165) is 22.4 Å². The molecule has 0 aromatic rings. The molecule has 0 fully saturated rings. The van der Waals surface area contributed by atoms with Crippen molar-refractivity contribution in [2.24, 2.45) is 10.9 Å². The molecule has 0 radical (unpaired) electrons. The number of hydrogen-bond donors (Lipinski definition) is 1. The summed E-state index contributed by atoms with van der Waals surface area (Å²) in [5.74, 6) is 5.27. The lowest BCUT2D eigenvalue weighted by Crippen LogP contribution is -2.04. The first-order chi connectivity index (χ1) is 6.52. The van der Waals surface area contributed by atoms with Crippen LogP contribution >= 0.6 is 0 Å². The van der Waals surface area contributed by atoms with Crippen molar-refractivity contribution in [3.05, 3.63) is 48.1 Å². The Labute approximate surface area is 86.2 Å². The molecule has 0 atom stereocenters. The maximum Gasteiger partial charge on any atom is 0.0879 e. The zero-order valence-corrected chi connectivity index (χ0v) is 9.17. The summed E-state index contributed by atoms with van der Waals surface area (Å²) in [6, 6.07) is 0. The first kappa shape index (κ1) is 12.4. The summed E-state index contributed by atoms with van der Waals surface area (Å²) in [5, 5.41) is 3.70. The summed E-state index contributed by atoms with van der Waals surface area (Å²) >= 11 is 0. The molecule has 0 saturated heterocycles. The van der Waals surface area contributed by atoms with Crippen LogP contribution < -0.4 is 5.84 Å². The normalized spacial score (nSPS) is 14.1. The molecule has 0 aromatic carbocycles. The Morgan fingerprint density at radius 1 is 1.29 bits per heavy atom. The van der Waals surface area contributed by atoms with Crippen molar-refractivity contribution in [1.82, 2.24) is 0 Å². The second-order valence-electron chi connectivity index (χ2n) is 3.23. The highest BCUT2D eigenvalue weighted by atomic mass is 15.1. The van der Waals surface area contributed by atoms with E-state index in [1.165, 1.54) is 0 Å². The van der Waals surface area contributed by atoms with Crippen LogP contribution in [0.2, 0.25) is 0 Å². The van der Waals surface area contributed by atoms with Gasteiger partial charge < -0.3 is 5.84 Å². The van der Waals surface area contributed by atoms with Crippen molar-refractivity contribution in [3.63, 3.8) is 0 Å². The van der Waals surface area contributed by atoms with Crippen molar-refractivity contribution in [3.8, 4) is 0 Å². The lowest BCUT2D eigenvalue weighted by atomic mass is 10.0. The van der Waals surface area contributed by atoms with Crippen LogP contribution in [0.3, 0.4) is 0 Å². The molecule has 0 bridgehead atoms. The van der Waals surface area contributed by atoms with Crippen molar-refractivity contribution in [2.75, 3.05) is 0 Å². The Kier molecular flexibility index (Phi) is 5.30. The summed E-state index contributed by atoms with van der Waals surface area (Å²) in [6.45, 7) is 13.3.